The molecule has 3 heterocycles. The molecule has 0 aliphatic carbocycles. The van der Waals surface area contributed by atoms with Crippen molar-refractivity contribution in [2.75, 3.05) is 14.2 Å². The van der Waals surface area contributed by atoms with Crippen molar-refractivity contribution in [3.05, 3.63) is 92.6 Å². The molecule has 0 bridgehead atoms. The first kappa shape index (κ1) is 23.3. The van der Waals surface area contributed by atoms with Gasteiger partial charge in [-0.25, -0.2) is 19.1 Å². The number of methoxy groups -OCH3 is 2. The zero-order valence-electron chi connectivity index (χ0n) is 20.0. The van der Waals surface area contributed by atoms with Crippen LogP contribution in [0.4, 0.5) is 0 Å². The predicted molar refractivity (Wildman–Crippen MR) is 138 cm³/mol. The van der Waals surface area contributed by atoms with Crippen LogP contribution in [0.25, 0.3) is 32.0 Å². The first-order valence-corrected chi connectivity index (χ1v) is 11.8. The maximum atomic E-state index is 13.5. The molecule has 182 valence electrons. The Morgan fingerprint density at radius 1 is 1.06 bits per heavy atom. The zero-order valence-corrected chi connectivity index (χ0v) is 20.8. The molecule has 10 heteroatoms. The molecule has 36 heavy (non-hydrogen) atoms. The minimum absolute atomic E-state index is 0.323. The highest BCUT2D eigenvalue weighted by Crippen LogP contribution is 2.38. The predicted octanol–water partition coefficient (Wildman–Crippen LogP) is 4.01. The summed E-state index contributed by atoms with van der Waals surface area (Å²) in [5.41, 5.74) is 3.03. The van der Waals surface area contributed by atoms with E-state index in [0.717, 1.165) is 32.0 Å². The Bertz CT molecular complexity index is 1740. The number of fused-ring (bicyclic) bond motifs is 1. The van der Waals surface area contributed by atoms with Gasteiger partial charge in [-0.1, -0.05) is 6.07 Å². The third kappa shape index (κ3) is 3.81. The first-order chi connectivity index (χ1) is 17.3. The number of aryl methyl sites for hydroxylation is 2. The largest absolute Gasteiger partial charge is 0.495 e. The highest BCUT2D eigenvalue weighted by atomic mass is 32.1. The van der Waals surface area contributed by atoms with E-state index in [0.29, 0.717) is 27.2 Å². The number of benzene rings is 2. The molecule has 3 aromatic heterocycles. The molecule has 0 atom stereocenters. The van der Waals surface area contributed by atoms with E-state index in [2.05, 4.69) is 9.97 Å². The van der Waals surface area contributed by atoms with E-state index in [-0.39, 0.29) is 0 Å². The maximum absolute atomic E-state index is 13.5. The average Bonchev–Trinajstić information content (AvgIpc) is 3.46. The van der Waals surface area contributed by atoms with Crippen molar-refractivity contribution in [1.82, 2.24) is 19.1 Å². The molecule has 0 unspecified atom stereocenters. The fraction of sp³-hybridized carbons (Fsp3) is 0.154. The quantitative estimate of drug-likeness (QED) is 0.364. The smallest absolute Gasteiger partial charge is 0.337 e. The van der Waals surface area contributed by atoms with Crippen LogP contribution in [-0.4, -0.2) is 39.3 Å². The molecule has 1 N–H and O–H groups in total. The van der Waals surface area contributed by atoms with Crippen molar-refractivity contribution in [3.63, 3.8) is 0 Å². The first-order valence-electron chi connectivity index (χ1n) is 11.0. The third-order valence-electron chi connectivity index (χ3n) is 5.97. The van der Waals surface area contributed by atoms with Crippen molar-refractivity contribution >= 4 is 27.5 Å². The number of thiophene rings is 1. The van der Waals surface area contributed by atoms with Crippen molar-refractivity contribution in [1.29, 1.82) is 0 Å². The Morgan fingerprint density at radius 3 is 2.44 bits per heavy atom. The summed E-state index contributed by atoms with van der Waals surface area (Å²) in [6, 6.07) is 11.9. The molecule has 0 radical (unpaired) electrons. The fourth-order valence-electron chi connectivity index (χ4n) is 4.18. The van der Waals surface area contributed by atoms with Crippen LogP contribution in [0.3, 0.4) is 0 Å². The number of H-pyrrole nitrogens is 1. The van der Waals surface area contributed by atoms with Crippen molar-refractivity contribution in [2.45, 2.75) is 13.8 Å². The third-order valence-corrected chi connectivity index (χ3v) is 7.22. The molecular formula is C26H22N4O5S. The number of carbonyl (C=O) groups excluding carboxylic acids is 1. The summed E-state index contributed by atoms with van der Waals surface area (Å²) in [5.74, 6) is 0.152. The summed E-state index contributed by atoms with van der Waals surface area (Å²) in [6.45, 7) is 3.77. The van der Waals surface area contributed by atoms with E-state index in [1.807, 2.05) is 42.8 Å². The van der Waals surface area contributed by atoms with Gasteiger partial charge in [0.2, 0.25) is 0 Å². The normalized spacial score (nSPS) is 11.1. The second-order valence-electron chi connectivity index (χ2n) is 8.18. The van der Waals surface area contributed by atoms with Gasteiger partial charge >= 0.3 is 11.7 Å². The summed E-state index contributed by atoms with van der Waals surface area (Å²) in [5, 5.41) is 0.430. The van der Waals surface area contributed by atoms with Crippen LogP contribution in [-0.2, 0) is 4.74 Å². The van der Waals surface area contributed by atoms with Crippen LogP contribution >= 0.6 is 11.3 Å². The van der Waals surface area contributed by atoms with Gasteiger partial charge in [0.1, 0.15) is 10.6 Å². The fourth-order valence-corrected chi connectivity index (χ4v) is 5.36. The van der Waals surface area contributed by atoms with Crippen molar-refractivity contribution in [2.24, 2.45) is 0 Å². The Hall–Kier alpha value is -4.44. The van der Waals surface area contributed by atoms with Crippen molar-refractivity contribution in [3.8, 4) is 27.6 Å². The highest BCUT2D eigenvalue weighted by molar-refractivity contribution is 7.22. The number of imidazole rings is 1. The molecule has 0 spiro atoms. The van der Waals surface area contributed by atoms with Crippen LogP contribution in [0.5, 0.6) is 5.75 Å². The monoisotopic (exact) mass is 502 g/mol. The van der Waals surface area contributed by atoms with Gasteiger partial charge < -0.3 is 14.0 Å². The lowest BCUT2D eigenvalue weighted by molar-refractivity contribution is 0.0600. The van der Waals surface area contributed by atoms with Gasteiger partial charge in [-0.05, 0) is 61.4 Å². The number of aromatic amines is 1. The molecule has 0 fully saturated rings. The highest BCUT2D eigenvalue weighted by Gasteiger charge is 2.19. The number of aromatic nitrogens is 4. The van der Waals surface area contributed by atoms with E-state index >= 15 is 0 Å². The minimum atomic E-state index is -0.561. The number of hydrogen-bond donors (Lipinski definition) is 1. The molecule has 5 aromatic rings. The lowest BCUT2D eigenvalue weighted by Gasteiger charge is -2.11. The van der Waals surface area contributed by atoms with E-state index < -0.39 is 17.2 Å². The summed E-state index contributed by atoms with van der Waals surface area (Å²) >= 11 is 1.34. The topological polar surface area (TPSA) is 108 Å². The lowest BCUT2D eigenvalue weighted by Crippen LogP contribution is -2.33. The van der Waals surface area contributed by atoms with Crippen molar-refractivity contribution < 1.29 is 14.3 Å². The SMILES string of the molecule is COC(=O)c1ccc(-n2c(=O)[nH]c3sc(-c4ccc(-n5cnc(C)c5)c(OC)c4)c(C)c3c2=O)cc1. The molecule has 9 nitrogen and oxygen atoms in total. The molecule has 0 amide bonds. The molecular weight excluding hydrogens is 480 g/mol. The molecule has 0 aliphatic rings. The van der Waals surface area contributed by atoms with Gasteiger partial charge in [0.25, 0.3) is 5.56 Å². The van der Waals surface area contributed by atoms with E-state index in [1.165, 1.54) is 30.6 Å². The van der Waals surface area contributed by atoms with Gasteiger partial charge in [-0.3, -0.25) is 9.78 Å². The number of carbonyl (C=O) groups is 1. The number of nitrogens with one attached hydrogen (secondary N) is 1. The Kier molecular flexibility index (Phi) is 5.81. The Balaban J connectivity index is 1.63. The van der Waals surface area contributed by atoms with Gasteiger partial charge in [0, 0.05) is 11.1 Å². The molecule has 2 aromatic carbocycles. The zero-order chi connectivity index (χ0) is 25.6. The van der Waals surface area contributed by atoms with E-state index in [9.17, 15) is 14.4 Å². The Morgan fingerprint density at radius 2 is 1.81 bits per heavy atom. The number of esters is 1. The van der Waals surface area contributed by atoms with Crippen LogP contribution in [0.2, 0.25) is 0 Å². The van der Waals surface area contributed by atoms with Crippen LogP contribution < -0.4 is 16.0 Å². The molecule has 0 saturated heterocycles. The van der Waals surface area contributed by atoms with Gasteiger partial charge in [0.15, 0.2) is 0 Å². The molecule has 5 rings (SSSR count). The second-order valence-corrected chi connectivity index (χ2v) is 9.20. The molecule has 0 aliphatic heterocycles. The summed E-state index contributed by atoms with van der Waals surface area (Å²) in [7, 11) is 2.89. The van der Waals surface area contributed by atoms with Gasteiger partial charge in [-0.15, -0.1) is 11.3 Å². The second kappa shape index (κ2) is 8.97. The maximum Gasteiger partial charge on any atom is 0.337 e. The number of ether oxygens (including phenoxy) is 2. The summed E-state index contributed by atoms with van der Waals surface area (Å²) in [4.78, 5) is 46.5. The summed E-state index contributed by atoms with van der Waals surface area (Å²) < 4.78 is 13.3. The van der Waals surface area contributed by atoms with Gasteiger partial charge in [0.05, 0.1) is 48.6 Å². The standard InChI is InChI=1S/C26H22N4O5S/c1-14-12-29(13-27-14)19-10-7-17(11-20(19)34-3)22-15(2)21-23(36-22)28-26(33)30(24(21)31)18-8-5-16(6-9-18)25(32)35-4/h5-13H,1-4H3,(H,28,33). The lowest BCUT2D eigenvalue weighted by atomic mass is 10.1. The van der Waals surface area contributed by atoms with Crippen LogP contribution in [0, 0.1) is 13.8 Å². The van der Waals surface area contributed by atoms with Crippen LogP contribution in [0.15, 0.2) is 64.6 Å². The van der Waals surface area contributed by atoms with E-state index in [4.69, 9.17) is 9.47 Å². The number of rotatable bonds is 5. The molecule has 0 saturated carbocycles. The average molecular weight is 503 g/mol. The number of nitrogens with zero attached hydrogens (tertiary/aromatic N) is 3. The minimum Gasteiger partial charge on any atom is -0.495 e. The summed E-state index contributed by atoms with van der Waals surface area (Å²) in [6.07, 6.45) is 3.63. The van der Waals surface area contributed by atoms with Crippen LogP contribution in [0.1, 0.15) is 21.6 Å². The number of hydrogen-bond acceptors (Lipinski definition) is 7. The van der Waals surface area contributed by atoms with Gasteiger partial charge in [-0.2, -0.15) is 0 Å². The Labute approximate surface area is 209 Å². The van der Waals surface area contributed by atoms with E-state index in [1.54, 1.807) is 25.6 Å².